The van der Waals surface area contributed by atoms with Gasteiger partial charge in [0, 0.05) is 31.2 Å². The van der Waals surface area contributed by atoms with Crippen molar-refractivity contribution in [1.29, 1.82) is 0 Å². The molecule has 10 heteroatoms. The van der Waals surface area contributed by atoms with Crippen LogP contribution in [0.1, 0.15) is 25.2 Å². The van der Waals surface area contributed by atoms with Crippen molar-refractivity contribution in [3.63, 3.8) is 0 Å². The largest absolute Gasteiger partial charge is 0.495 e. The summed E-state index contributed by atoms with van der Waals surface area (Å²) >= 11 is 0. The predicted octanol–water partition coefficient (Wildman–Crippen LogP) is 0.620. The quantitative estimate of drug-likeness (QED) is 0.592. The van der Waals surface area contributed by atoms with Gasteiger partial charge in [-0.3, -0.25) is 4.79 Å². The van der Waals surface area contributed by atoms with Gasteiger partial charge in [-0.2, -0.15) is 0 Å². The summed E-state index contributed by atoms with van der Waals surface area (Å²) in [4.78, 5) is 12.6. The lowest BCUT2D eigenvalue weighted by molar-refractivity contribution is -0.365. The van der Waals surface area contributed by atoms with Crippen LogP contribution in [0, 0.1) is 6.92 Å². The first-order valence-electron chi connectivity index (χ1n) is 10.3. The highest BCUT2D eigenvalue weighted by atomic mass is 16.8. The van der Waals surface area contributed by atoms with Crippen molar-refractivity contribution in [3.8, 4) is 11.5 Å². The number of fused-ring (bicyclic) bond motifs is 2. The SMILES string of the molecule is COc1c2c(cc3oc(C)cc(=O)c13)O[C@H](C(C)(C)O[C@@H]1O[C@H](OC)[C@@H](O)[C@H](O)[C@H]1O)C2. The zero-order valence-corrected chi connectivity index (χ0v) is 18.5. The van der Waals surface area contributed by atoms with E-state index in [9.17, 15) is 20.1 Å². The smallest absolute Gasteiger partial charge is 0.196 e. The van der Waals surface area contributed by atoms with Crippen molar-refractivity contribution in [3.05, 3.63) is 33.7 Å². The molecule has 0 bridgehead atoms. The maximum Gasteiger partial charge on any atom is 0.196 e. The summed E-state index contributed by atoms with van der Waals surface area (Å²) < 4.78 is 33.9. The van der Waals surface area contributed by atoms with E-state index in [0.29, 0.717) is 40.2 Å². The van der Waals surface area contributed by atoms with E-state index >= 15 is 0 Å². The molecule has 32 heavy (non-hydrogen) atoms. The summed E-state index contributed by atoms with van der Waals surface area (Å²) in [7, 11) is 2.79. The van der Waals surface area contributed by atoms with E-state index in [1.807, 2.05) is 0 Å². The summed E-state index contributed by atoms with van der Waals surface area (Å²) in [5.74, 6) is 1.36. The van der Waals surface area contributed by atoms with Gasteiger partial charge in [0.05, 0.1) is 7.11 Å². The van der Waals surface area contributed by atoms with E-state index in [0.717, 1.165) is 0 Å². The molecule has 1 aromatic heterocycles. The Balaban J connectivity index is 1.62. The molecule has 2 aliphatic heterocycles. The average molecular weight is 452 g/mol. The molecule has 0 radical (unpaired) electrons. The zero-order valence-electron chi connectivity index (χ0n) is 18.5. The molecule has 0 saturated carbocycles. The molecule has 10 nitrogen and oxygen atoms in total. The molecule has 4 rings (SSSR count). The van der Waals surface area contributed by atoms with E-state index in [2.05, 4.69) is 0 Å². The number of ether oxygens (including phenoxy) is 5. The summed E-state index contributed by atoms with van der Waals surface area (Å²) in [5, 5.41) is 30.8. The van der Waals surface area contributed by atoms with Gasteiger partial charge >= 0.3 is 0 Å². The lowest BCUT2D eigenvalue weighted by atomic mass is 9.95. The van der Waals surface area contributed by atoms with E-state index in [4.69, 9.17) is 28.1 Å². The molecule has 1 aromatic carbocycles. The lowest BCUT2D eigenvalue weighted by Gasteiger charge is -2.43. The second-order valence-electron chi connectivity index (χ2n) is 8.59. The second-order valence-corrected chi connectivity index (χ2v) is 8.59. The number of hydrogen-bond acceptors (Lipinski definition) is 10. The summed E-state index contributed by atoms with van der Waals surface area (Å²) in [6.45, 7) is 5.19. The molecule has 0 spiro atoms. The maximum atomic E-state index is 12.6. The van der Waals surface area contributed by atoms with E-state index in [1.54, 1.807) is 26.8 Å². The monoisotopic (exact) mass is 452 g/mol. The number of rotatable bonds is 5. The molecule has 0 aliphatic carbocycles. The number of aliphatic hydroxyl groups is 3. The van der Waals surface area contributed by atoms with Crippen molar-refractivity contribution in [2.24, 2.45) is 0 Å². The highest BCUT2D eigenvalue weighted by molar-refractivity contribution is 5.87. The molecular weight excluding hydrogens is 424 g/mol. The van der Waals surface area contributed by atoms with Gasteiger partial charge in [-0.15, -0.1) is 0 Å². The van der Waals surface area contributed by atoms with Gasteiger partial charge in [-0.05, 0) is 20.8 Å². The normalized spacial score (nSPS) is 30.2. The van der Waals surface area contributed by atoms with Crippen LogP contribution in [0.5, 0.6) is 11.5 Å². The predicted molar refractivity (Wildman–Crippen MR) is 111 cm³/mol. The zero-order chi connectivity index (χ0) is 23.4. The number of benzene rings is 1. The van der Waals surface area contributed by atoms with Crippen LogP contribution in [0.2, 0.25) is 0 Å². The standard InChI is InChI=1S/C22H28O10/c1-9-6-11(23)15-13(29-9)8-12-10(19(15)27-4)7-14(30-12)22(2,3)32-21-18(26)16(24)17(25)20(28-5)31-21/h6,8,14,16-18,20-21,24-26H,7H2,1-5H3/t14-,16-,17-,18+,20-,21-/m0/s1. The fraction of sp³-hybridized carbons (Fsp3) is 0.591. The topological polar surface area (TPSA) is 137 Å². The minimum absolute atomic E-state index is 0.209. The highest BCUT2D eigenvalue weighted by Crippen LogP contribution is 2.44. The molecule has 2 aromatic rings. The van der Waals surface area contributed by atoms with Gasteiger partial charge in [0.25, 0.3) is 0 Å². The van der Waals surface area contributed by atoms with Crippen molar-refractivity contribution >= 4 is 11.0 Å². The van der Waals surface area contributed by atoms with Crippen LogP contribution in [0.25, 0.3) is 11.0 Å². The first kappa shape index (κ1) is 23.0. The van der Waals surface area contributed by atoms with Crippen LogP contribution in [-0.2, 0) is 20.6 Å². The van der Waals surface area contributed by atoms with Crippen molar-refractivity contribution in [2.45, 2.75) is 69.8 Å². The van der Waals surface area contributed by atoms with Gasteiger partial charge in [0.1, 0.15) is 58.2 Å². The lowest BCUT2D eigenvalue weighted by Crippen LogP contribution is -2.61. The molecular formula is C22H28O10. The maximum absolute atomic E-state index is 12.6. The minimum Gasteiger partial charge on any atom is -0.495 e. The number of methoxy groups -OCH3 is 2. The van der Waals surface area contributed by atoms with Crippen LogP contribution in [0.4, 0.5) is 0 Å². The fourth-order valence-corrected chi connectivity index (χ4v) is 4.20. The summed E-state index contributed by atoms with van der Waals surface area (Å²) in [6.07, 6.45) is -7.05. The second kappa shape index (κ2) is 8.29. The number of aliphatic hydroxyl groups excluding tert-OH is 3. The van der Waals surface area contributed by atoms with Crippen LogP contribution in [0.15, 0.2) is 21.3 Å². The molecule has 0 unspecified atom stereocenters. The first-order chi connectivity index (χ1) is 15.1. The third-order valence-electron chi connectivity index (χ3n) is 5.98. The minimum atomic E-state index is -1.51. The molecule has 1 saturated heterocycles. The highest BCUT2D eigenvalue weighted by Gasteiger charge is 2.49. The molecule has 176 valence electrons. The molecule has 2 aliphatic rings. The fourth-order valence-electron chi connectivity index (χ4n) is 4.20. The molecule has 6 atom stereocenters. The van der Waals surface area contributed by atoms with Crippen LogP contribution in [-0.4, -0.2) is 72.1 Å². The number of hydrogen-bond donors (Lipinski definition) is 3. The van der Waals surface area contributed by atoms with Gasteiger partial charge < -0.3 is 43.4 Å². The summed E-state index contributed by atoms with van der Waals surface area (Å²) in [6, 6.07) is 3.07. The van der Waals surface area contributed by atoms with Crippen molar-refractivity contribution in [1.82, 2.24) is 0 Å². The van der Waals surface area contributed by atoms with Gasteiger partial charge in [-0.1, -0.05) is 0 Å². The summed E-state index contributed by atoms with van der Waals surface area (Å²) in [5.41, 5.74) is -0.168. The Morgan fingerprint density at radius 3 is 2.41 bits per heavy atom. The van der Waals surface area contributed by atoms with Crippen molar-refractivity contribution in [2.75, 3.05) is 14.2 Å². The van der Waals surface area contributed by atoms with Crippen LogP contribution in [0.3, 0.4) is 0 Å². The molecule has 1 fully saturated rings. The van der Waals surface area contributed by atoms with Crippen LogP contribution < -0.4 is 14.9 Å². The van der Waals surface area contributed by atoms with Gasteiger partial charge in [0.15, 0.2) is 18.0 Å². The number of aryl methyl sites for hydroxylation is 1. The Morgan fingerprint density at radius 1 is 1.06 bits per heavy atom. The van der Waals surface area contributed by atoms with Crippen molar-refractivity contribution < 1.29 is 43.4 Å². The first-order valence-corrected chi connectivity index (χ1v) is 10.3. The Hall–Kier alpha value is -2.21. The van der Waals surface area contributed by atoms with E-state index in [-0.39, 0.29) is 5.43 Å². The molecule has 3 heterocycles. The van der Waals surface area contributed by atoms with E-state index < -0.39 is 42.6 Å². The Labute approximate surface area is 184 Å². The third kappa shape index (κ3) is 3.76. The Morgan fingerprint density at radius 2 is 1.75 bits per heavy atom. The Bertz CT molecular complexity index is 1060. The molecule has 0 amide bonds. The van der Waals surface area contributed by atoms with Gasteiger partial charge in [-0.25, -0.2) is 0 Å². The van der Waals surface area contributed by atoms with Gasteiger partial charge in [0.2, 0.25) is 0 Å². The Kier molecular flexibility index (Phi) is 5.95. The third-order valence-corrected chi connectivity index (χ3v) is 5.98. The van der Waals surface area contributed by atoms with Crippen LogP contribution >= 0.6 is 0 Å². The average Bonchev–Trinajstić information content (AvgIpc) is 3.17. The molecule has 3 N–H and O–H groups in total. The van der Waals surface area contributed by atoms with E-state index in [1.165, 1.54) is 20.3 Å².